The van der Waals surface area contributed by atoms with E-state index in [4.69, 9.17) is 28.0 Å². The number of oxime groups is 1. The van der Waals surface area contributed by atoms with Gasteiger partial charge in [-0.2, -0.15) is 0 Å². The van der Waals surface area contributed by atoms with Gasteiger partial charge in [0.05, 0.1) is 16.7 Å². The van der Waals surface area contributed by atoms with Crippen LogP contribution in [0.3, 0.4) is 0 Å². The largest absolute Gasteiger partial charge is 0.365 e. The molecule has 162 valence electrons. The second kappa shape index (κ2) is 7.64. The molecule has 2 aliphatic rings. The van der Waals surface area contributed by atoms with Crippen LogP contribution >= 0.6 is 23.2 Å². The summed E-state index contributed by atoms with van der Waals surface area (Å²) in [7, 11) is 0. The highest BCUT2D eigenvalue weighted by Gasteiger charge is 2.71. The van der Waals surface area contributed by atoms with Crippen molar-refractivity contribution in [2.75, 3.05) is 5.32 Å². The fraction of sp³-hybridized carbons (Fsp3) is 0.375. The van der Waals surface area contributed by atoms with E-state index in [0.29, 0.717) is 27.7 Å². The SMILES string of the molecule is CC12CCC(C(=O)Nc3cccc(Cl)c3)(CC1=NOC(=O)c1ccc(Cl)cc1)C2(C)C. The Labute approximate surface area is 191 Å². The van der Waals surface area contributed by atoms with Gasteiger partial charge in [0, 0.05) is 27.6 Å². The Morgan fingerprint density at radius 2 is 1.71 bits per heavy atom. The average molecular weight is 459 g/mol. The minimum Gasteiger partial charge on any atom is -0.326 e. The van der Waals surface area contributed by atoms with Crippen molar-refractivity contribution in [3.63, 3.8) is 0 Å². The molecule has 2 bridgehead atoms. The zero-order chi connectivity index (χ0) is 22.4. The molecule has 0 spiro atoms. The van der Waals surface area contributed by atoms with Gasteiger partial charge in [-0.1, -0.05) is 55.2 Å². The number of nitrogens with zero attached hydrogens (tertiary/aromatic N) is 1. The molecule has 1 amide bonds. The molecule has 7 heteroatoms. The molecule has 31 heavy (non-hydrogen) atoms. The number of carbonyl (C=O) groups excluding carboxylic acids is 2. The number of nitrogens with one attached hydrogen (secondary N) is 1. The fourth-order valence-electron chi connectivity index (χ4n) is 5.07. The van der Waals surface area contributed by atoms with E-state index in [1.54, 1.807) is 42.5 Å². The Bertz CT molecular complexity index is 1080. The van der Waals surface area contributed by atoms with Crippen LogP contribution in [0.15, 0.2) is 53.7 Å². The van der Waals surface area contributed by atoms with Gasteiger partial charge < -0.3 is 10.2 Å². The second-order valence-corrected chi connectivity index (χ2v) is 9.98. The highest BCUT2D eigenvalue weighted by molar-refractivity contribution is 6.31. The van der Waals surface area contributed by atoms with Gasteiger partial charge in [0.25, 0.3) is 0 Å². The molecular weight excluding hydrogens is 435 g/mol. The summed E-state index contributed by atoms with van der Waals surface area (Å²) in [4.78, 5) is 31.2. The maximum Gasteiger partial charge on any atom is 0.365 e. The van der Waals surface area contributed by atoms with Crippen molar-refractivity contribution in [3.8, 4) is 0 Å². The molecule has 1 N–H and O–H groups in total. The van der Waals surface area contributed by atoms with E-state index in [2.05, 4.69) is 31.2 Å². The van der Waals surface area contributed by atoms with Gasteiger partial charge in [-0.05, 0) is 60.7 Å². The number of hydrogen-bond acceptors (Lipinski definition) is 4. The van der Waals surface area contributed by atoms with Gasteiger partial charge in [-0.15, -0.1) is 0 Å². The number of carbonyl (C=O) groups is 2. The molecule has 4 rings (SSSR count). The molecule has 0 saturated heterocycles. The molecule has 2 aromatic carbocycles. The zero-order valence-electron chi connectivity index (χ0n) is 17.7. The summed E-state index contributed by atoms with van der Waals surface area (Å²) >= 11 is 11.9. The van der Waals surface area contributed by atoms with Crippen LogP contribution < -0.4 is 5.32 Å². The number of fused-ring (bicyclic) bond motifs is 2. The number of rotatable bonds is 4. The maximum absolute atomic E-state index is 13.5. The molecule has 0 aromatic heterocycles. The summed E-state index contributed by atoms with van der Waals surface area (Å²) in [6.45, 7) is 6.30. The first-order chi connectivity index (χ1) is 14.6. The van der Waals surface area contributed by atoms with E-state index in [1.807, 2.05) is 6.07 Å². The Hall–Kier alpha value is -2.37. The number of hydrogen-bond donors (Lipinski definition) is 1. The molecule has 0 aliphatic heterocycles. The lowest BCUT2D eigenvalue weighted by molar-refractivity contribution is -0.130. The van der Waals surface area contributed by atoms with Crippen LogP contribution in [-0.2, 0) is 9.63 Å². The monoisotopic (exact) mass is 458 g/mol. The standard InChI is InChI=1S/C24H24Cl2N2O3/c1-22(2)23(3)11-12-24(22,21(30)27-18-6-4-5-17(26)13-18)14-19(23)28-31-20(29)15-7-9-16(25)10-8-15/h4-10,13H,11-12,14H2,1-3H3,(H,27,30). The Morgan fingerprint density at radius 3 is 2.39 bits per heavy atom. The lowest BCUT2D eigenvalue weighted by Gasteiger charge is -2.39. The number of halogens is 2. The Morgan fingerprint density at radius 1 is 1.00 bits per heavy atom. The van der Waals surface area contributed by atoms with Crippen LogP contribution in [0.25, 0.3) is 0 Å². The summed E-state index contributed by atoms with van der Waals surface area (Å²) in [5, 5.41) is 8.39. The van der Waals surface area contributed by atoms with E-state index in [9.17, 15) is 9.59 Å². The van der Waals surface area contributed by atoms with Crippen LogP contribution in [0.1, 0.15) is 50.4 Å². The summed E-state index contributed by atoms with van der Waals surface area (Å²) in [6.07, 6.45) is 1.98. The van der Waals surface area contributed by atoms with Crippen LogP contribution in [0, 0.1) is 16.2 Å². The highest BCUT2D eigenvalue weighted by atomic mass is 35.5. The third-order valence-electron chi connectivity index (χ3n) is 7.57. The predicted octanol–water partition coefficient (Wildman–Crippen LogP) is 6.36. The molecule has 2 atom stereocenters. The summed E-state index contributed by atoms with van der Waals surface area (Å²) in [6, 6.07) is 13.6. The van der Waals surface area contributed by atoms with E-state index in [1.165, 1.54) is 0 Å². The number of anilines is 1. The third kappa shape index (κ3) is 3.44. The van der Waals surface area contributed by atoms with Crippen molar-refractivity contribution in [2.24, 2.45) is 21.4 Å². The van der Waals surface area contributed by atoms with Gasteiger partial charge in [0.15, 0.2) is 0 Å². The zero-order valence-corrected chi connectivity index (χ0v) is 19.2. The van der Waals surface area contributed by atoms with E-state index < -0.39 is 11.4 Å². The first kappa shape index (κ1) is 21.8. The van der Waals surface area contributed by atoms with Crippen LogP contribution in [0.5, 0.6) is 0 Å². The molecular formula is C24H24Cl2N2O3. The molecule has 0 heterocycles. The first-order valence-electron chi connectivity index (χ1n) is 10.2. The normalized spacial score (nSPS) is 27.3. The summed E-state index contributed by atoms with van der Waals surface area (Å²) in [5.74, 6) is -0.608. The first-order valence-corrected chi connectivity index (χ1v) is 11.0. The van der Waals surface area contributed by atoms with Crippen molar-refractivity contribution in [1.82, 2.24) is 0 Å². The molecule has 2 aromatic rings. The van der Waals surface area contributed by atoms with Crippen molar-refractivity contribution < 1.29 is 14.4 Å². The maximum atomic E-state index is 13.5. The predicted molar refractivity (Wildman–Crippen MR) is 123 cm³/mol. The second-order valence-electron chi connectivity index (χ2n) is 9.10. The van der Waals surface area contributed by atoms with Crippen LogP contribution in [0.4, 0.5) is 5.69 Å². The van der Waals surface area contributed by atoms with Crippen molar-refractivity contribution in [1.29, 1.82) is 0 Å². The lowest BCUT2D eigenvalue weighted by Crippen LogP contribution is -2.43. The van der Waals surface area contributed by atoms with Crippen molar-refractivity contribution >= 4 is 46.5 Å². The van der Waals surface area contributed by atoms with Crippen LogP contribution in [0.2, 0.25) is 10.0 Å². The molecule has 2 unspecified atom stereocenters. The molecule has 2 saturated carbocycles. The highest BCUT2D eigenvalue weighted by Crippen LogP contribution is 2.71. The quantitative estimate of drug-likeness (QED) is 0.427. The van der Waals surface area contributed by atoms with Gasteiger partial charge >= 0.3 is 5.97 Å². The topological polar surface area (TPSA) is 67.8 Å². The minimum atomic E-state index is -0.643. The molecule has 2 fully saturated rings. The Balaban J connectivity index is 1.58. The van der Waals surface area contributed by atoms with Crippen molar-refractivity contribution in [2.45, 2.75) is 40.0 Å². The van der Waals surface area contributed by atoms with E-state index >= 15 is 0 Å². The number of amides is 1. The van der Waals surface area contributed by atoms with Gasteiger partial charge in [0.1, 0.15) is 0 Å². The van der Waals surface area contributed by atoms with Crippen molar-refractivity contribution in [3.05, 3.63) is 64.1 Å². The third-order valence-corrected chi connectivity index (χ3v) is 8.06. The molecule has 5 nitrogen and oxygen atoms in total. The van der Waals surface area contributed by atoms with Crippen LogP contribution in [-0.4, -0.2) is 17.6 Å². The van der Waals surface area contributed by atoms with Gasteiger partial charge in [-0.25, -0.2) is 4.79 Å². The van der Waals surface area contributed by atoms with E-state index in [0.717, 1.165) is 18.6 Å². The number of benzene rings is 2. The average Bonchev–Trinajstić information content (AvgIpc) is 3.03. The molecule has 2 aliphatic carbocycles. The fourth-order valence-corrected chi connectivity index (χ4v) is 5.39. The summed E-state index contributed by atoms with van der Waals surface area (Å²) < 4.78 is 0. The smallest absolute Gasteiger partial charge is 0.326 e. The molecule has 0 radical (unpaired) electrons. The summed E-state index contributed by atoms with van der Waals surface area (Å²) in [5.41, 5.74) is 0.417. The minimum absolute atomic E-state index is 0.0577. The Kier molecular flexibility index (Phi) is 5.39. The van der Waals surface area contributed by atoms with E-state index in [-0.39, 0.29) is 16.7 Å². The lowest BCUT2D eigenvalue weighted by atomic mass is 9.64. The van der Waals surface area contributed by atoms with Gasteiger partial charge in [0.2, 0.25) is 5.91 Å². The van der Waals surface area contributed by atoms with Gasteiger partial charge in [-0.3, -0.25) is 4.79 Å².